The molecule has 0 N–H and O–H groups in total. The number of nitrogens with zero attached hydrogens (tertiary/aromatic N) is 1. The summed E-state index contributed by atoms with van der Waals surface area (Å²) < 4.78 is 0. The Kier molecular flexibility index (Phi) is 3.92. The first-order valence-corrected chi connectivity index (χ1v) is 8.50. The standard InChI is InChI=1S/C23H21N/c1-18-10-5-8-16-22(18)24(20-13-3-2-4-14-20)23-17-9-12-19-11-6-7-15-21(19)23/h2-13,15-17,20H,14H2,1H3/t20-/m0/s1. The normalized spacial score (nSPS) is 16.5. The van der Waals surface area contributed by atoms with Gasteiger partial charge in [-0.05, 0) is 36.4 Å². The Morgan fingerprint density at radius 3 is 2.38 bits per heavy atom. The van der Waals surface area contributed by atoms with Gasteiger partial charge in [-0.2, -0.15) is 0 Å². The first-order valence-electron chi connectivity index (χ1n) is 8.50. The van der Waals surface area contributed by atoms with E-state index in [4.69, 9.17) is 0 Å². The third-order valence-electron chi connectivity index (χ3n) is 4.69. The minimum Gasteiger partial charge on any atom is -0.333 e. The smallest absolute Gasteiger partial charge is 0.0560 e. The van der Waals surface area contributed by atoms with Crippen molar-refractivity contribution >= 4 is 22.1 Å². The minimum atomic E-state index is 0.335. The van der Waals surface area contributed by atoms with Crippen molar-refractivity contribution in [1.82, 2.24) is 0 Å². The van der Waals surface area contributed by atoms with Gasteiger partial charge in [0.1, 0.15) is 0 Å². The van der Waals surface area contributed by atoms with Crippen LogP contribution < -0.4 is 4.90 Å². The summed E-state index contributed by atoms with van der Waals surface area (Å²) in [5, 5.41) is 2.58. The van der Waals surface area contributed by atoms with E-state index in [0.717, 1.165) is 6.42 Å². The van der Waals surface area contributed by atoms with Gasteiger partial charge in [0.05, 0.1) is 6.04 Å². The molecule has 1 heteroatoms. The lowest BCUT2D eigenvalue weighted by Gasteiger charge is -2.34. The van der Waals surface area contributed by atoms with Gasteiger partial charge in [0, 0.05) is 16.8 Å². The first-order chi connectivity index (χ1) is 11.8. The SMILES string of the molecule is Cc1ccccc1N(c1cccc2ccccc12)[C@H]1C=CC=CC1. The van der Waals surface area contributed by atoms with Crippen molar-refractivity contribution < 1.29 is 0 Å². The fourth-order valence-corrected chi connectivity index (χ4v) is 3.50. The molecule has 4 rings (SSSR count). The molecule has 0 saturated carbocycles. The zero-order valence-electron chi connectivity index (χ0n) is 13.9. The van der Waals surface area contributed by atoms with Crippen LogP contribution in [0, 0.1) is 6.92 Å². The van der Waals surface area contributed by atoms with Crippen LogP contribution in [-0.2, 0) is 0 Å². The molecule has 24 heavy (non-hydrogen) atoms. The maximum atomic E-state index is 2.48. The fourth-order valence-electron chi connectivity index (χ4n) is 3.50. The minimum absolute atomic E-state index is 0.335. The molecule has 0 saturated heterocycles. The number of fused-ring (bicyclic) bond motifs is 1. The summed E-state index contributed by atoms with van der Waals surface area (Å²) in [5.74, 6) is 0. The second-order valence-corrected chi connectivity index (χ2v) is 6.27. The lowest BCUT2D eigenvalue weighted by molar-refractivity contribution is 0.785. The Bertz CT molecular complexity index is 915. The van der Waals surface area contributed by atoms with E-state index < -0.39 is 0 Å². The molecule has 118 valence electrons. The van der Waals surface area contributed by atoms with Crippen LogP contribution in [0.1, 0.15) is 12.0 Å². The van der Waals surface area contributed by atoms with Crippen molar-refractivity contribution in [3.05, 3.63) is 96.6 Å². The number of rotatable bonds is 3. The topological polar surface area (TPSA) is 3.24 Å². The van der Waals surface area contributed by atoms with Crippen molar-refractivity contribution in [2.24, 2.45) is 0 Å². The summed E-state index contributed by atoms with van der Waals surface area (Å²) in [5.41, 5.74) is 3.85. The van der Waals surface area contributed by atoms with Gasteiger partial charge >= 0.3 is 0 Å². The lowest BCUT2D eigenvalue weighted by atomic mass is 10.0. The molecular weight excluding hydrogens is 290 g/mol. The van der Waals surface area contributed by atoms with E-state index >= 15 is 0 Å². The van der Waals surface area contributed by atoms with E-state index in [1.54, 1.807) is 0 Å². The second-order valence-electron chi connectivity index (χ2n) is 6.27. The highest BCUT2D eigenvalue weighted by molar-refractivity contribution is 5.96. The van der Waals surface area contributed by atoms with Gasteiger partial charge in [0.2, 0.25) is 0 Å². The van der Waals surface area contributed by atoms with Gasteiger partial charge in [-0.15, -0.1) is 0 Å². The number of anilines is 2. The molecule has 0 amide bonds. The molecule has 0 aliphatic heterocycles. The molecule has 1 aliphatic carbocycles. The molecule has 0 unspecified atom stereocenters. The molecule has 0 bridgehead atoms. The highest BCUT2D eigenvalue weighted by Crippen LogP contribution is 2.37. The predicted octanol–water partition coefficient (Wildman–Crippen LogP) is 6.17. The average Bonchev–Trinajstić information content (AvgIpc) is 2.65. The van der Waals surface area contributed by atoms with Gasteiger partial charge in [-0.1, -0.05) is 78.9 Å². The zero-order valence-corrected chi connectivity index (χ0v) is 13.9. The number of para-hydroxylation sites is 1. The summed E-state index contributed by atoms with van der Waals surface area (Å²) in [6, 6.07) is 24.2. The number of aryl methyl sites for hydroxylation is 1. The maximum absolute atomic E-state index is 2.48. The van der Waals surface area contributed by atoms with Gasteiger partial charge < -0.3 is 4.90 Å². The molecule has 1 aliphatic rings. The summed E-state index contributed by atoms with van der Waals surface area (Å²) in [6.45, 7) is 2.19. The van der Waals surface area contributed by atoms with Crippen LogP contribution in [0.2, 0.25) is 0 Å². The van der Waals surface area contributed by atoms with Gasteiger partial charge in [0.25, 0.3) is 0 Å². The van der Waals surface area contributed by atoms with E-state index in [1.807, 2.05) is 0 Å². The molecule has 1 atom stereocenters. The molecule has 3 aromatic rings. The Morgan fingerprint density at radius 2 is 1.54 bits per heavy atom. The highest BCUT2D eigenvalue weighted by Gasteiger charge is 2.21. The number of allylic oxidation sites excluding steroid dienone is 2. The van der Waals surface area contributed by atoms with Crippen molar-refractivity contribution in [2.45, 2.75) is 19.4 Å². The molecule has 1 nitrogen and oxygen atoms in total. The maximum Gasteiger partial charge on any atom is 0.0560 e. The molecule has 0 fully saturated rings. The van der Waals surface area contributed by atoms with Crippen LogP contribution in [0.15, 0.2) is 91.0 Å². The zero-order chi connectivity index (χ0) is 16.4. The van der Waals surface area contributed by atoms with Crippen LogP contribution in [0.5, 0.6) is 0 Å². The van der Waals surface area contributed by atoms with E-state index in [1.165, 1.54) is 27.7 Å². The number of hydrogen-bond donors (Lipinski definition) is 0. The van der Waals surface area contributed by atoms with Crippen molar-refractivity contribution in [2.75, 3.05) is 4.90 Å². The van der Waals surface area contributed by atoms with Gasteiger partial charge in [0.15, 0.2) is 0 Å². The molecule has 0 radical (unpaired) electrons. The third-order valence-corrected chi connectivity index (χ3v) is 4.69. The van der Waals surface area contributed by atoms with Crippen LogP contribution in [0.4, 0.5) is 11.4 Å². The summed E-state index contributed by atoms with van der Waals surface area (Å²) in [6.07, 6.45) is 9.86. The van der Waals surface area contributed by atoms with Crippen LogP contribution in [0.3, 0.4) is 0 Å². The second kappa shape index (κ2) is 6.37. The third kappa shape index (κ3) is 2.63. The van der Waals surface area contributed by atoms with Crippen molar-refractivity contribution in [1.29, 1.82) is 0 Å². The molecular formula is C23H21N. The van der Waals surface area contributed by atoms with Crippen LogP contribution >= 0.6 is 0 Å². The summed E-state index contributed by atoms with van der Waals surface area (Å²) in [7, 11) is 0. The molecule has 0 aromatic heterocycles. The van der Waals surface area contributed by atoms with Gasteiger partial charge in [-0.3, -0.25) is 0 Å². The number of hydrogen-bond acceptors (Lipinski definition) is 1. The average molecular weight is 311 g/mol. The largest absolute Gasteiger partial charge is 0.333 e. The Labute approximate surface area is 143 Å². The summed E-state index contributed by atoms with van der Waals surface area (Å²) >= 11 is 0. The Morgan fingerprint density at radius 1 is 0.792 bits per heavy atom. The monoisotopic (exact) mass is 311 g/mol. The van der Waals surface area contributed by atoms with Crippen LogP contribution in [-0.4, -0.2) is 6.04 Å². The lowest BCUT2D eigenvalue weighted by Crippen LogP contribution is -2.30. The first kappa shape index (κ1) is 14.8. The number of benzene rings is 3. The Hall–Kier alpha value is -2.80. The van der Waals surface area contributed by atoms with Crippen molar-refractivity contribution in [3.63, 3.8) is 0 Å². The van der Waals surface area contributed by atoms with E-state index in [-0.39, 0.29) is 0 Å². The van der Waals surface area contributed by atoms with E-state index in [2.05, 4.69) is 103 Å². The van der Waals surface area contributed by atoms with E-state index in [0.29, 0.717) is 6.04 Å². The van der Waals surface area contributed by atoms with Crippen LogP contribution in [0.25, 0.3) is 10.8 Å². The molecule has 0 spiro atoms. The molecule has 0 heterocycles. The quantitative estimate of drug-likeness (QED) is 0.559. The Balaban J connectivity index is 1.94. The van der Waals surface area contributed by atoms with Gasteiger partial charge in [-0.25, -0.2) is 0 Å². The predicted molar refractivity (Wildman–Crippen MR) is 104 cm³/mol. The molecule has 3 aromatic carbocycles. The summed E-state index contributed by atoms with van der Waals surface area (Å²) in [4.78, 5) is 2.48. The highest BCUT2D eigenvalue weighted by atomic mass is 15.2. The van der Waals surface area contributed by atoms with E-state index in [9.17, 15) is 0 Å². The van der Waals surface area contributed by atoms with Crippen molar-refractivity contribution in [3.8, 4) is 0 Å². The fraction of sp³-hybridized carbons (Fsp3) is 0.130.